The molecule has 0 unspecified atom stereocenters. The van der Waals surface area contributed by atoms with Gasteiger partial charge in [-0.05, 0) is 43.3 Å². The van der Waals surface area contributed by atoms with E-state index in [9.17, 15) is 13.2 Å². The summed E-state index contributed by atoms with van der Waals surface area (Å²) < 4.78 is 27.1. The van der Waals surface area contributed by atoms with Crippen molar-refractivity contribution >= 4 is 33.0 Å². The van der Waals surface area contributed by atoms with Crippen LogP contribution in [-0.2, 0) is 10.0 Å². The van der Waals surface area contributed by atoms with Crippen molar-refractivity contribution in [2.24, 2.45) is 0 Å². The molecule has 3 rings (SSSR count). The molecule has 1 heterocycles. The van der Waals surface area contributed by atoms with Crippen LogP contribution in [0.4, 0.5) is 5.69 Å². The maximum atomic E-state index is 13.0. The summed E-state index contributed by atoms with van der Waals surface area (Å²) in [5.74, 6) is -0.183. The molecule has 27 heavy (non-hydrogen) atoms. The molecule has 1 aliphatic carbocycles. The molecule has 1 saturated carbocycles. The minimum Gasteiger partial charge on any atom is -0.349 e. The topological polar surface area (TPSA) is 66.5 Å². The van der Waals surface area contributed by atoms with Crippen molar-refractivity contribution in [1.82, 2.24) is 5.32 Å². The maximum absolute atomic E-state index is 13.0. The zero-order chi connectivity index (χ0) is 19.4. The Hall–Kier alpha value is -1.86. The number of carbonyl (C=O) groups excluding carboxylic acids is 1. The second-order valence-electron chi connectivity index (χ2n) is 7.08. The molecule has 0 bridgehead atoms. The maximum Gasteiger partial charge on any atom is 0.264 e. The van der Waals surface area contributed by atoms with Gasteiger partial charge in [-0.3, -0.25) is 9.10 Å². The molecule has 1 aromatic carbocycles. The SMILES string of the molecule is Cc1ccc(S(=O)(=O)N(C)c2ccsc2C(=O)NC2CCCCCC2)cc1. The summed E-state index contributed by atoms with van der Waals surface area (Å²) in [4.78, 5) is 13.5. The van der Waals surface area contributed by atoms with Gasteiger partial charge in [-0.15, -0.1) is 11.3 Å². The highest BCUT2D eigenvalue weighted by Crippen LogP contribution is 2.30. The number of rotatable bonds is 5. The van der Waals surface area contributed by atoms with Crippen LogP contribution in [0, 0.1) is 6.92 Å². The first-order valence-corrected chi connectivity index (χ1v) is 11.7. The Morgan fingerprint density at radius 1 is 1.07 bits per heavy atom. The van der Waals surface area contributed by atoms with Crippen LogP contribution in [0.2, 0.25) is 0 Å². The summed E-state index contributed by atoms with van der Waals surface area (Å²) in [6.07, 6.45) is 6.67. The first-order valence-electron chi connectivity index (χ1n) is 9.33. The van der Waals surface area contributed by atoms with Crippen molar-refractivity contribution in [1.29, 1.82) is 0 Å². The van der Waals surface area contributed by atoms with Gasteiger partial charge < -0.3 is 5.32 Å². The zero-order valence-corrected chi connectivity index (χ0v) is 17.4. The highest BCUT2D eigenvalue weighted by molar-refractivity contribution is 7.92. The van der Waals surface area contributed by atoms with Crippen LogP contribution in [0.3, 0.4) is 0 Å². The molecule has 1 amide bonds. The summed E-state index contributed by atoms with van der Waals surface area (Å²) in [6, 6.07) is 8.60. The molecular formula is C20H26N2O3S2. The van der Waals surface area contributed by atoms with Gasteiger partial charge in [0.25, 0.3) is 15.9 Å². The lowest BCUT2D eigenvalue weighted by molar-refractivity contribution is 0.0938. The first kappa shape index (κ1) is 19.9. The molecule has 146 valence electrons. The lowest BCUT2D eigenvalue weighted by atomic mass is 10.1. The van der Waals surface area contributed by atoms with E-state index in [2.05, 4.69) is 5.32 Å². The normalized spacial score (nSPS) is 15.9. The van der Waals surface area contributed by atoms with Gasteiger partial charge in [0.05, 0.1) is 10.6 Å². The average Bonchev–Trinajstić information content (AvgIpc) is 3.00. The highest BCUT2D eigenvalue weighted by atomic mass is 32.2. The third-order valence-corrected chi connectivity index (χ3v) is 7.75. The fraction of sp³-hybridized carbons (Fsp3) is 0.450. The molecule has 2 aromatic rings. The lowest BCUT2D eigenvalue weighted by Gasteiger charge is -2.21. The standard InChI is InChI=1S/C20H26N2O3S2/c1-15-9-11-17(12-10-15)27(24,25)22(2)18-13-14-26-19(18)20(23)21-16-7-5-3-4-6-8-16/h9-14,16H,3-8H2,1-2H3,(H,21,23). The van der Waals surface area contributed by atoms with Gasteiger partial charge in [0, 0.05) is 13.1 Å². The molecule has 1 N–H and O–H groups in total. The smallest absolute Gasteiger partial charge is 0.264 e. The van der Waals surface area contributed by atoms with Crippen LogP contribution in [0.25, 0.3) is 0 Å². The van der Waals surface area contributed by atoms with E-state index in [1.165, 1.54) is 35.5 Å². The second-order valence-corrected chi connectivity index (χ2v) is 9.97. The van der Waals surface area contributed by atoms with E-state index in [1.54, 1.807) is 35.7 Å². The molecule has 1 aliphatic rings. The summed E-state index contributed by atoms with van der Waals surface area (Å²) in [6.45, 7) is 1.91. The van der Waals surface area contributed by atoms with E-state index >= 15 is 0 Å². The Kier molecular flexibility index (Phi) is 6.22. The number of nitrogens with zero attached hydrogens (tertiary/aromatic N) is 1. The van der Waals surface area contributed by atoms with Crippen molar-refractivity contribution < 1.29 is 13.2 Å². The molecule has 1 fully saturated rings. The predicted octanol–water partition coefficient (Wildman–Crippen LogP) is 4.33. The highest BCUT2D eigenvalue weighted by Gasteiger charge is 2.27. The van der Waals surface area contributed by atoms with Gasteiger partial charge in [-0.2, -0.15) is 0 Å². The number of nitrogens with one attached hydrogen (secondary N) is 1. The van der Waals surface area contributed by atoms with Crippen LogP contribution in [0.5, 0.6) is 0 Å². The minimum atomic E-state index is -3.71. The van der Waals surface area contributed by atoms with Crippen molar-refractivity contribution in [2.45, 2.75) is 56.4 Å². The number of aryl methyl sites for hydroxylation is 1. The Labute approximate surface area is 165 Å². The predicted molar refractivity (Wildman–Crippen MR) is 110 cm³/mol. The molecule has 0 atom stereocenters. The number of benzene rings is 1. The van der Waals surface area contributed by atoms with E-state index < -0.39 is 10.0 Å². The third-order valence-electron chi connectivity index (χ3n) is 5.06. The number of sulfonamides is 1. The quantitative estimate of drug-likeness (QED) is 0.752. The van der Waals surface area contributed by atoms with Crippen LogP contribution >= 0.6 is 11.3 Å². The molecular weight excluding hydrogens is 380 g/mol. The Morgan fingerprint density at radius 3 is 2.33 bits per heavy atom. The molecule has 0 aliphatic heterocycles. The van der Waals surface area contributed by atoms with Crippen LogP contribution in [0.15, 0.2) is 40.6 Å². The number of thiophene rings is 1. The van der Waals surface area contributed by atoms with Crippen molar-refractivity contribution in [3.8, 4) is 0 Å². The molecule has 1 aromatic heterocycles. The van der Waals surface area contributed by atoms with Gasteiger partial charge in [0.1, 0.15) is 4.88 Å². The Morgan fingerprint density at radius 2 is 1.70 bits per heavy atom. The molecule has 5 nitrogen and oxygen atoms in total. The van der Waals surface area contributed by atoms with E-state index in [0.717, 1.165) is 31.2 Å². The van der Waals surface area contributed by atoms with E-state index in [0.29, 0.717) is 10.6 Å². The number of carbonyl (C=O) groups is 1. The zero-order valence-electron chi connectivity index (χ0n) is 15.8. The molecule has 0 spiro atoms. The molecule has 0 radical (unpaired) electrons. The Balaban J connectivity index is 1.80. The lowest BCUT2D eigenvalue weighted by Crippen LogP contribution is -2.35. The van der Waals surface area contributed by atoms with Crippen molar-refractivity contribution in [2.75, 3.05) is 11.4 Å². The Bertz CT molecular complexity index is 880. The summed E-state index contributed by atoms with van der Waals surface area (Å²) >= 11 is 1.28. The van der Waals surface area contributed by atoms with E-state index in [4.69, 9.17) is 0 Å². The van der Waals surface area contributed by atoms with E-state index in [1.807, 2.05) is 6.92 Å². The van der Waals surface area contributed by atoms with Gasteiger partial charge in [-0.25, -0.2) is 8.42 Å². The number of anilines is 1. The fourth-order valence-corrected chi connectivity index (χ4v) is 5.48. The third kappa shape index (κ3) is 4.52. The van der Waals surface area contributed by atoms with Crippen LogP contribution in [-0.4, -0.2) is 27.4 Å². The van der Waals surface area contributed by atoms with Gasteiger partial charge >= 0.3 is 0 Å². The molecule has 7 heteroatoms. The summed E-state index contributed by atoms with van der Waals surface area (Å²) in [5.41, 5.74) is 1.42. The van der Waals surface area contributed by atoms with E-state index in [-0.39, 0.29) is 16.8 Å². The van der Waals surface area contributed by atoms with Crippen molar-refractivity contribution in [3.05, 3.63) is 46.2 Å². The minimum absolute atomic E-state index is 0.175. The largest absolute Gasteiger partial charge is 0.349 e. The van der Waals surface area contributed by atoms with Crippen LogP contribution < -0.4 is 9.62 Å². The number of hydrogen-bond acceptors (Lipinski definition) is 4. The first-order chi connectivity index (χ1) is 12.9. The average molecular weight is 407 g/mol. The fourth-order valence-electron chi connectivity index (χ4n) is 3.39. The van der Waals surface area contributed by atoms with Crippen LogP contribution in [0.1, 0.15) is 53.8 Å². The summed E-state index contributed by atoms with van der Waals surface area (Å²) in [7, 11) is -2.21. The number of amides is 1. The summed E-state index contributed by atoms with van der Waals surface area (Å²) in [5, 5.41) is 4.87. The number of hydrogen-bond donors (Lipinski definition) is 1. The van der Waals surface area contributed by atoms with Gasteiger partial charge in [0.15, 0.2) is 0 Å². The van der Waals surface area contributed by atoms with Gasteiger partial charge in [0.2, 0.25) is 0 Å². The van der Waals surface area contributed by atoms with Crippen molar-refractivity contribution in [3.63, 3.8) is 0 Å². The van der Waals surface area contributed by atoms with Gasteiger partial charge in [-0.1, -0.05) is 43.4 Å². The second kappa shape index (κ2) is 8.44. The monoisotopic (exact) mass is 406 g/mol. The molecule has 0 saturated heterocycles.